The molecule has 1 saturated carbocycles. The van der Waals surface area contributed by atoms with Crippen molar-refractivity contribution in [1.82, 2.24) is 15.5 Å². The summed E-state index contributed by atoms with van der Waals surface area (Å²) in [4.78, 5) is 26.5. The molecule has 1 aromatic carbocycles. The number of hydrogen-bond donors (Lipinski definition) is 2. The van der Waals surface area contributed by atoms with Gasteiger partial charge in [-0.2, -0.15) is 0 Å². The molecule has 2 heterocycles. The van der Waals surface area contributed by atoms with E-state index in [-0.39, 0.29) is 30.3 Å². The summed E-state index contributed by atoms with van der Waals surface area (Å²) in [7, 11) is 0. The first-order valence-corrected chi connectivity index (χ1v) is 10.1. The van der Waals surface area contributed by atoms with Gasteiger partial charge in [-0.15, -0.1) is 12.4 Å². The van der Waals surface area contributed by atoms with Gasteiger partial charge in [-0.05, 0) is 42.7 Å². The molecule has 0 aromatic heterocycles. The lowest BCUT2D eigenvalue weighted by atomic mass is 9.85. The summed E-state index contributed by atoms with van der Waals surface area (Å²) in [5.41, 5.74) is 2.24. The highest BCUT2D eigenvalue weighted by atomic mass is 35.5. The van der Waals surface area contributed by atoms with Gasteiger partial charge in [0, 0.05) is 32.1 Å². The van der Waals surface area contributed by atoms with Crippen molar-refractivity contribution in [2.24, 2.45) is 5.92 Å². The minimum absolute atomic E-state index is 0. The molecule has 1 aliphatic carbocycles. The van der Waals surface area contributed by atoms with E-state index < -0.39 is 0 Å². The quantitative estimate of drug-likeness (QED) is 0.811. The largest absolute Gasteiger partial charge is 0.351 e. The van der Waals surface area contributed by atoms with Gasteiger partial charge in [-0.1, -0.05) is 37.1 Å². The molecule has 5 nitrogen and oxygen atoms in total. The summed E-state index contributed by atoms with van der Waals surface area (Å²) in [6.07, 6.45) is 7.64. The molecule has 3 unspecified atom stereocenters. The number of carbonyl (C=O) groups excluding carboxylic acids is 2. The average molecular weight is 392 g/mol. The zero-order chi connectivity index (χ0) is 17.9. The Morgan fingerprint density at radius 3 is 2.67 bits per heavy atom. The van der Waals surface area contributed by atoms with Crippen molar-refractivity contribution >= 4 is 24.2 Å². The molecule has 1 aromatic rings. The molecule has 2 N–H and O–H groups in total. The topological polar surface area (TPSA) is 61.4 Å². The van der Waals surface area contributed by atoms with Gasteiger partial charge in [-0.25, -0.2) is 0 Å². The van der Waals surface area contributed by atoms with E-state index in [1.165, 1.54) is 25.7 Å². The van der Waals surface area contributed by atoms with Gasteiger partial charge in [0.05, 0.1) is 6.04 Å². The first kappa shape index (κ1) is 20.2. The van der Waals surface area contributed by atoms with Crippen molar-refractivity contribution in [3.8, 4) is 0 Å². The van der Waals surface area contributed by atoms with E-state index in [2.05, 4.69) is 22.8 Å². The van der Waals surface area contributed by atoms with Crippen LogP contribution >= 0.6 is 12.4 Å². The Bertz CT molecular complexity index is 667. The summed E-state index contributed by atoms with van der Waals surface area (Å²) >= 11 is 0. The molecule has 3 aliphatic rings. The highest BCUT2D eigenvalue weighted by Crippen LogP contribution is 2.33. The standard InChI is InChI=1S/C21H29N3O2.ClH/c25-20-10-5-11-24(20)14-17-8-2-1-7-16(17)13-22-21(26)19-12-15-6-3-4-9-18(15)23-19;/h1-2,7-8,15,18-19,23H,3-6,9-14H2,(H,22,26);1H. The molecular weight excluding hydrogens is 362 g/mol. The number of nitrogens with zero attached hydrogens (tertiary/aromatic N) is 1. The van der Waals surface area contributed by atoms with E-state index in [1.54, 1.807) is 0 Å². The molecule has 2 amide bonds. The average Bonchev–Trinajstić information content (AvgIpc) is 3.27. The van der Waals surface area contributed by atoms with Crippen molar-refractivity contribution in [2.45, 2.75) is 70.1 Å². The van der Waals surface area contributed by atoms with Crippen LogP contribution in [0.1, 0.15) is 56.1 Å². The Labute approximate surface area is 167 Å². The van der Waals surface area contributed by atoms with E-state index >= 15 is 0 Å². The third kappa shape index (κ3) is 4.64. The lowest BCUT2D eigenvalue weighted by Gasteiger charge is -2.24. The summed E-state index contributed by atoms with van der Waals surface area (Å²) in [6.45, 7) is 2.02. The van der Waals surface area contributed by atoms with Crippen LogP contribution in [-0.4, -0.2) is 35.3 Å². The van der Waals surface area contributed by atoms with Crippen LogP contribution in [0.15, 0.2) is 24.3 Å². The molecule has 6 heteroatoms. The number of nitrogens with one attached hydrogen (secondary N) is 2. The van der Waals surface area contributed by atoms with Crippen LogP contribution in [0.5, 0.6) is 0 Å². The lowest BCUT2D eigenvalue weighted by Crippen LogP contribution is -2.43. The van der Waals surface area contributed by atoms with Crippen LogP contribution in [0.2, 0.25) is 0 Å². The van der Waals surface area contributed by atoms with Crippen LogP contribution in [0.3, 0.4) is 0 Å². The number of likely N-dealkylation sites (tertiary alicyclic amines) is 1. The molecule has 3 atom stereocenters. The molecule has 0 bridgehead atoms. The molecule has 27 heavy (non-hydrogen) atoms. The lowest BCUT2D eigenvalue weighted by molar-refractivity contribution is -0.128. The molecule has 4 rings (SSSR count). The molecule has 2 aliphatic heterocycles. The second-order valence-electron chi connectivity index (χ2n) is 8.01. The van der Waals surface area contributed by atoms with Crippen LogP contribution in [0, 0.1) is 5.92 Å². The van der Waals surface area contributed by atoms with E-state index in [0.717, 1.165) is 30.5 Å². The van der Waals surface area contributed by atoms with Gasteiger partial charge in [-0.3, -0.25) is 9.59 Å². The Kier molecular flexibility index (Phi) is 6.77. The molecule has 0 spiro atoms. The zero-order valence-electron chi connectivity index (χ0n) is 15.8. The maximum atomic E-state index is 12.6. The second-order valence-corrected chi connectivity index (χ2v) is 8.01. The molecule has 3 fully saturated rings. The van der Waals surface area contributed by atoms with Gasteiger partial charge < -0.3 is 15.5 Å². The third-order valence-electron chi connectivity index (χ3n) is 6.28. The highest BCUT2D eigenvalue weighted by Gasteiger charge is 2.38. The minimum Gasteiger partial charge on any atom is -0.351 e. The first-order valence-electron chi connectivity index (χ1n) is 10.1. The van der Waals surface area contributed by atoms with Crippen LogP contribution in [0.4, 0.5) is 0 Å². The monoisotopic (exact) mass is 391 g/mol. The number of fused-ring (bicyclic) bond motifs is 1. The van der Waals surface area contributed by atoms with Gasteiger partial charge in [0.2, 0.25) is 11.8 Å². The number of rotatable bonds is 5. The minimum atomic E-state index is -0.0459. The maximum absolute atomic E-state index is 12.6. The summed E-state index contributed by atoms with van der Waals surface area (Å²) in [5, 5.41) is 6.67. The summed E-state index contributed by atoms with van der Waals surface area (Å²) in [5.74, 6) is 1.03. The number of halogens is 1. The van der Waals surface area contributed by atoms with Crippen LogP contribution in [-0.2, 0) is 22.7 Å². The van der Waals surface area contributed by atoms with Crippen LogP contribution < -0.4 is 10.6 Å². The molecule has 0 radical (unpaired) electrons. The fraction of sp³-hybridized carbons (Fsp3) is 0.619. The van der Waals surface area contributed by atoms with Gasteiger partial charge in [0.25, 0.3) is 0 Å². The smallest absolute Gasteiger partial charge is 0.237 e. The normalized spacial score (nSPS) is 27.2. The van der Waals surface area contributed by atoms with Crippen molar-refractivity contribution < 1.29 is 9.59 Å². The van der Waals surface area contributed by atoms with E-state index in [1.807, 2.05) is 17.0 Å². The van der Waals surface area contributed by atoms with E-state index in [0.29, 0.717) is 31.5 Å². The molecule has 2 saturated heterocycles. The number of carbonyl (C=O) groups is 2. The van der Waals surface area contributed by atoms with E-state index in [4.69, 9.17) is 0 Å². The van der Waals surface area contributed by atoms with Crippen molar-refractivity contribution in [3.05, 3.63) is 35.4 Å². The fourth-order valence-corrected chi connectivity index (χ4v) is 4.79. The van der Waals surface area contributed by atoms with Crippen molar-refractivity contribution in [2.75, 3.05) is 6.54 Å². The SMILES string of the molecule is Cl.O=C(NCc1ccccc1CN1CCCC1=O)C1CC2CCCCC2N1. The second kappa shape index (κ2) is 9.07. The van der Waals surface area contributed by atoms with Gasteiger partial charge in [0.1, 0.15) is 0 Å². The van der Waals surface area contributed by atoms with Crippen molar-refractivity contribution in [1.29, 1.82) is 0 Å². The zero-order valence-corrected chi connectivity index (χ0v) is 16.6. The highest BCUT2D eigenvalue weighted by molar-refractivity contribution is 5.85. The predicted octanol–water partition coefficient (Wildman–Crippen LogP) is 2.77. The van der Waals surface area contributed by atoms with Crippen molar-refractivity contribution in [3.63, 3.8) is 0 Å². The summed E-state index contributed by atoms with van der Waals surface area (Å²) < 4.78 is 0. The number of benzene rings is 1. The Morgan fingerprint density at radius 2 is 1.93 bits per heavy atom. The maximum Gasteiger partial charge on any atom is 0.237 e. The Hall–Kier alpha value is -1.59. The number of amides is 2. The third-order valence-corrected chi connectivity index (χ3v) is 6.28. The first-order chi connectivity index (χ1) is 12.7. The van der Waals surface area contributed by atoms with Crippen LogP contribution in [0.25, 0.3) is 0 Å². The predicted molar refractivity (Wildman–Crippen MR) is 107 cm³/mol. The molecular formula is C21H30ClN3O2. The fourth-order valence-electron chi connectivity index (χ4n) is 4.79. The Morgan fingerprint density at radius 1 is 1.15 bits per heavy atom. The van der Waals surface area contributed by atoms with Gasteiger partial charge >= 0.3 is 0 Å². The van der Waals surface area contributed by atoms with Gasteiger partial charge in [0.15, 0.2) is 0 Å². The number of hydrogen-bond acceptors (Lipinski definition) is 3. The summed E-state index contributed by atoms with van der Waals surface area (Å²) in [6, 6.07) is 8.61. The Balaban J connectivity index is 0.00000210. The molecule has 148 valence electrons. The van der Waals surface area contributed by atoms with E-state index in [9.17, 15) is 9.59 Å².